The molecule has 0 saturated carbocycles. The minimum Gasteiger partial charge on any atom is -0.480 e. The van der Waals surface area contributed by atoms with Crippen molar-refractivity contribution in [2.24, 2.45) is 0 Å². The molecule has 2 amide bonds. The number of hydrogen-bond donors (Lipinski definition) is 2. The van der Waals surface area contributed by atoms with Crippen LogP contribution in [0.15, 0.2) is 24.5 Å². The van der Waals surface area contributed by atoms with Gasteiger partial charge in [-0.05, 0) is 24.1 Å². The van der Waals surface area contributed by atoms with E-state index in [4.69, 9.17) is 0 Å². The van der Waals surface area contributed by atoms with E-state index >= 15 is 0 Å². The average molecular weight is 295 g/mol. The van der Waals surface area contributed by atoms with Crippen LogP contribution in [0.3, 0.4) is 0 Å². The number of carbonyl (C=O) groups is 2. The Kier molecular flexibility index (Phi) is 4.84. The Morgan fingerprint density at radius 2 is 2.20 bits per heavy atom. The van der Waals surface area contributed by atoms with Gasteiger partial charge in [-0.15, -0.1) is 11.8 Å². The highest BCUT2D eigenvalue weighted by molar-refractivity contribution is 8.00. The maximum atomic E-state index is 12.2. The van der Waals surface area contributed by atoms with Gasteiger partial charge in [-0.1, -0.05) is 6.92 Å². The predicted octanol–water partition coefficient (Wildman–Crippen LogP) is 1.53. The molecule has 1 aliphatic heterocycles. The number of carbonyl (C=O) groups excluding carboxylic acids is 1. The molecule has 2 rings (SSSR count). The van der Waals surface area contributed by atoms with Gasteiger partial charge in [0.15, 0.2) is 0 Å². The SMILES string of the molecule is CCC1SCC(C(=O)O)N1C(=O)NCc1ccncc1. The van der Waals surface area contributed by atoms with Crippen LogP contribution in [0.1, 0.15) is 18.9 Å². The third-order valence-electron chi connectivity index (χ3n) is 3.15. The highest BCUT2D eigenvalue weighted by Crippen LogP contribution is 2.31. The second-order valence-corrected chi connectivity index (χ2v) is 5.68. The lowest BCUT2D eigenvalue weighted by Gasteiger charge is -2.26. The number of aromatic nitrogens is 1. The normalized spacial score (nSPS) is 21.8. The minimum atomic E-state index is -0.951. The predicted molar refractivity (Wildman–Crippen MR) is 76.3 cm³/mol. The van der Waals surface area contributed by atoms with Crippen LogP contribution in [0.4, 0.5) is 4.79 Å². The molecule has 1 saturated heterocycles. The number of carboxylic acid groups (broad SMARTS) is 1. The van der Waals surface area contributed by atoms with Gasteiger partial charge in [0, 0.05) is 24.7 Å². The Morgan fingerprint density at radius 1 is 1.50 bits per heavy atom. The van der Waals surface area contributed by atoms with Gasteiger partial charge in [0.2, 0.25) is 0 Å². The first-order valence-electron chi connectivity index (χ1n) is 6.43. The van der Waals surface area contributed by atoms with E-state index in [1.165, 1.54) is 16.7 Å². The molecular weight excluding hydrogens is 278 g/mol. The van der Waals surface area contributed by atoms with Crippen LogP contribution < -0.4 is 5.32 Å². The molecule has 0 bridgehead atoms. The second kappa shape index (κ2) is 6.60. The number of urea groups is 1. The smallest absolute Gasteiger partial charge is 0.327 e. The van der Waals surface area contributed by atoms with Crippen LogP contribution >= 0.6 is 11.8 Å². The quantitative estimate of drug-likeness (QED) is 0.880. The number of amides is 2. The number of aliphatic carboxylic acids is 1. The van der Waals surface area contributed by atoms with E-state index in [2.05, 4.69) is 10.3 Å². The number of nitrogens with one attached hydrogen (secondary N) is 1. The molecule has 2 atom stereocenters. The molecule has 1 aromatic rings. The Hall–Kier alpha value is -1.76. The van der Waals surface area contributed by atoms with Gasteiger partial charge in [-0.25, -0.2) is 9.59 Å². The van der Waals surface area contributed by atoms with E-state index in [1.54, 1.807) is 12.4 Å². The number of thioether (sulfide) groups is 1. The summed E-state index contributed by atoms with van der Waals surface area (Å²) in [6.45, 7) is 2.32. The van der Waals surface area contributed by atoms with E-state index in [9.17, 15) is 14.7 Å². The van der Waals surface area contributed by atoms with Crippen molar-refractivity contribution in [2.75, 3.05) is 5.75 Å². The summed E-state index contributed by atoms with van der Waals surface area (Å²) in [5.41, 5.74) is 0.931. The number of hydrogen-bond acceptors (Lipinski definition) is 4. The number of nitrogens with zero attached hydrogens (tertiary/aromatic N) is 2. The largest absolute Gasteiger partial charge is 0.480 e. The highest BCUT2D eigenvalue weighted by Gasteiger charge is 2.40. The summed E-state index contributed by atoms with van der Waals surface area (Å²) >= 11 is 1.51. The monoisotopic (exact) mass is 295 g/mol. The molecule has 1 fully saturated rings. The fourth-order valence-electron chi connectivity index (χ4n) is 2.11. The van der Waals surface area contributed by atoms with Gasteiger partial charge >= 0.3 is 12.0 Å². The second-order valence-electron chi connectivity index (χ2n) is 4.47. The van der Waals surface area contributed by atoms with Crippen molar-refractivity contribution in [2.45, 2.75) is 31.3 Å². The summed E-state index contributed by atoms with van der Waals surface area (Å²) in [5, 5.41) is 11.9. The zero-order chi connectivity index (χ0) is 14.5. The summed E-state index contributed by atoms with van der Waals surface area (Å²) in [6.07, 6.45) is 4.04. The Bertz CT molecular complexity index is 483. The average Bonchev–Trinajstić information content (AvgIpc) is 2.90. The van der Waals surface area contributed by atoms with Crippen molar-refractivity contribution >= 4 is 23.8 Å². The van der Waals surface area contributed by atoms with E-state index in [-0.39, 0.29) is 11.4 Å². The fourth-order valence-corrected chi connectivity index (χ4v) is 3.46. The lowest BCUT2D eigenvalue weighted by Crippen LogP contribution is -2.49. The molecule has 2 N–H and O–H groups in total. The number of rotatable bonds is 4. The number of carboxylic acids is 1. The van der Waals surface area contributed by atoms with Gasteiger partial charge < -0.3 is 10.4 Å². The molecule has 108 valence electrons. The zero-order valence-electron chi connectivity index (χ0n) is 11.2. The van der Waals surface area contributed by atoms with E-state index in [1.807, 2.05) is 19.1 Å². The molecule has 7 heteroatoms. The van der Waals surface area contributed by atoms with Crippen LogP contribution in [0.2, 0.25) is 0 Å². The molecule has 6 nitrogen and oxygen atoms in total. The summed E-state index contributed by atoms with van der Waals surface area (Å²) < 4.78 is 0. The Labute approximate surface area is 121 Å². The van der Waals surface area contributed by atoms with Gasteiger partial charge in [0.05, 0.1) is 5.37 Å². The van der Waals surface area contributed by atoms with Gasteiger partial charge in [0.25, 0.3) is 0 Å². The number of pyridine rings is 1. The van der Waals surface area contributed by atoms with E-state index < -0.39 is 12.0 Å². The Balaban J connectivity index is 2.00. The maximum Gasteiger partial charge on any atom is 0.327 e. The molecule has 1 aromatic heterocycles. The molecular formula is C13H17N3O3S. The van der Waals surface area contributed by atoms with Crippen molar-refractivity contribution in [3.05, 3.63) is 30.1 Å². The maximum absolute atomic E-state index is 12.2. The Morgan fingerprint density at radius 3 is 2.80 bits per heavy atom. The van der Waals surface area contributed by atoms with Crippen LogP contribution in [0, 0.1) is 0 Å². The lowest BCUT2D eigenvalue weighted by molar-refractivity contribution is -0.141. The molecule has 0 aliphatic carbocycles. The molecule has 0 aromatic carbocycles. The third kappa shape index (κ3) is 3.22. The third-order valence-corrected chi connectivity index (χ3v) is 4.61. The van der Waals surface area contributed by atoms with Crippen LogP contribution in [-0.4, -0.2) is 44.2 Å². The van der Waals surface area contributed by atoms with Crippen molar-refractivity contribution in [1.82, 2.24) is 15.2 Å². The van der Waals surface area contributed by atoms with Gasteiger partial charge in [-0.3, -0.25) is 9.88 Å². The van der Waals surface area contributed by atoms with Crippen LogP contribution in [-0.2, 0) is 11.3 Å². The molecule has 2 unspecified atom stereocenters. The minimum absolute atomic E-state index is 0.0754. The first kappa shape index (κ1) is 14.6. The summed E-state index contributed by atoms with van der Waals surface area (Å²) in [7, 11) is 0. The van der Waals surface area contributed by atoms with Gasteiger partial charge in [-0.2, -0.15) is 0 Å². The van der Waals surface area contributed by atoms with Crippen LogP contribution in [0.5, 0.6) is 0 Å². The highest BCUT2D eigenvalue weighted by atomic mass is 32.2. The van der Waals surface area contributed by atoms with Crippen molar-refractivity contribution in [3.8, 4) is 0 Å². The van der Waals surface area contributed by atoms with Gasteiger partial charge in [0.1, 0.15) is 6.04 Å². The molecule has 0 spiro atoms. The van der Waals surface area contributed by atoms with Crippen LogP contribution in [0.25, 0.3) is 0 Å². The molecule has 2 heterocycles. The standard InChI is InChI=1S/C13H17N3O3S/c1-2-11-16(10(8-20-11)12(17)18)13(19)15-7-9-3-5-14-6-4-9/h3-6,10-11H,2,7-8H2,1H3,(H,15,19)(H,17,18). The topological polar surface area (TPSA) is 82.5 Å². The first-order valence-corrected chi connectivity index (χ1v) is 7.47. The zero-order valence-corrected chi connectivity index (χ0v) is 12.0. The van der Waals surface area contributed by atoms with E-state index in [0.717, 1.165) is 12.0 Å². The lowest BCUT2D eigenvalue weighted by atomic mass is 10.2. The van der Waals surface area contributed by atoms with Crippen molar-refractivity contribution in [3.63, 3.8) is 0 Å². The molecule has 0 radical (unpaired) electrons. The summed E-state index contributed by atoms with van der Waals surface area (Å²) in [6, 6.07) is 2.55. The molecule has 20 heavy (non-hydrogen) atoms. The van der Waals surface area contributed by atoms with Crippen molar-refractivity contribution < 1.29 is 14.7 Å². The fraction of sp³-hybridized carbons (Fsp3) is 0.462. The van der Waals surface area contributed by atoms with E-state index in [0.29, 0.717) is 12.3 Å². The summed E-state index contributed by atoms with van der Waals surface area (Å²) in [5.74, 6) is -0.510. The van der Waals surface area contributed by atoms with Crippen molar-refractivity contribution in [1.29, 1.82) is 0 Å². The first-order chi connectivity index (χ1) is 9.63. The molecule has 1 aliphatic rings. The summed E-state index contributed by atoms with van der Waals surface area (Å²) in [4.78, 5) is 28.8.